The number of piperidine rings is 2. The summed E-state index contributed by atoms with van der Waals surface area (Å²) in [7, 11) is 0. The number of anilines is 2. The van der Waals surface area contributed by atoms with Gasteiger partial charge in [0.15, 0.2) is 6.10 Å². The van der Waals surface area contributed by atoms with Gasteiger partial charge in [0.1, 0.15) is 5.60 Å². The number of aryl methyl sites for hydroxylation is 1. The van der Waals surface area contributed by atoms with E-state index in [-0.39, 0.29) is 12.3 Å². The van der Waals surface area contributed by atoms with Gasteiger partial charge in [0.05, 0.1) is 16.4 Å². The molecule has 0 unspecified atom stereocenters. The lowest BCUT2D eigenvalue weighted by atomic mass is 9.82. The minimum atomic E-state index is -1.01. The third kappa shape index (κ3) is 6.31. The predicted octanol–water partition coefficient (Wildman–Crippen LogP) is 3.73. The first kappa shape index (κ1) is 30.5. The quantitative estimate of drug-likeness (QED) is 0.429. The summed E-state index contributed by atoms with van der Waals surface area (Å²) in [4.78, 5) is 45.8. The lowest BCUT2D eigenvalue weighted by Gasteiger charge is -2.44. The van der Waals surface area contributed by atoms with Crippen LogP contribution in [0.15, 0.2) is 36.4 Å². The van der Waals surface area contributed by atoms with E-state index in [2.05, 4.69) is 15.5 Å². The van der Waals surface area contributed by atoms with Gasteiger partial charge in [-0.2, -0.15) is 0 Å². The Kier molecular flexibility index (Phi) is 8.89. The molecule has 0 bridgehead atoms. The van der Waals surface area contributed by atoms with E-state index in [9.17, 15) is 14.4 Å². The number of benzene rings is 2. The third-order valence-electron chi connectivity index (χ3n) is 9.55. The number of carbonyl (C=O) groups is 3. The molecule has 4 aliphatic heterocycles. The van der Waals surface area contributed by atoms with Gasteiger partial charge in [0, 0.05) is 83.2 Å². The molecule has 0 aromatic heterocycles. The molecule has 1 spiro atoms. The van der Waals surface area contributed by atoms with E-state index in [1.54, 1.807) is 11.0 Å². The van der Waals surface area contributed by atoms with Crippen molar-refractivity contribution in [3.8, 4) is 0 Å². The normalized spacial score (nSPS) is 21.3. The van der Waals surface area contributed by atoms with Crippen molar-refractivity contribution in [2.24, 2.45) is 0 Å². The van der Waals surface area contributed by atoms with E-state index in [0.29, 0.717) is 55.8 Å². The summed E-state index contributed by atoms with van der Waals surface area (Å²) in [5, 5.41) is 6.57. The fourth-order valence-corrected chi connectivity index (χ4v) is 7.30. The van der Waals surface area contributed by atoms with Crippen LogP contribution in [0.1, 0.15) is 42.4 Å². The molecule has 0 saturated carbocycles. The number of likely N-dealkylation sites (tertiary alicyclic amines) is 2. The Morgan fingerprint density at radius 3 is 2.48 bits per heavy atom. The molecule has 1 atom stereocenters. The first-order chi connectivity index (χ1) is 21.2. The number of para-hydroxylation sites is 1. The van der Waals surface area contributed by atoms with E-state index in [1.165, 1.54) is 0 Å². The van der Waals surface area contributed by atoms with Crippen LogP contribution in [-0.2, 0) is 26.3 Å². The number of ether oxygens (including phenoxy) is 2. The van der Waals surface area contributed by atoms with Crippen molar-refractivity contribution in [1.29, 1.82) is 0 Å². The van der Waals surface area contributed by atoms with Crippen LogP contribution in [0.25, 0.3) is 0 Å². The lowest BCUT2D eigenvalue weighted by Crippen LogP contribution is -2.54. The second-order valence-electron chi connectivity index (χ2n) is 12.3. The van der Waals surface area contributed by atoms with Crippen molar-refractivity contribution in [3.05, 3.63) is 58.1 Å². The van der Waals surface area contributed by atoms with E-state index in [1.807, 2.05) is 42.2 Å². The van der Waals surface area contributed by atoms with Crippen LogP contribution >= 0.6 is 11.6 Å². The van der Waals surface area contributed by atoms with Crippen molar-refractivity contribution in [3.63, 3.8) is 0 Å². The van der Waals surface area contributed by atoms with Crippen LogP contribution in [0.3, 0.4) is 0 Å². The second kappa shape index (κ2) is 12.8. The van der Waals surface area contributed by atoms with Crippen molar-refractivity contribution in [2.45, 2.75) is 56.8 Å². The minimum absolute atomic E-state index is 0.192. The molecule has 4 N–H and O–H groups in total. The zero-order chi connectivity index (χ0) is 30.8. The van der Waals surface area contributed by atoms with E-state index in [0.717, 1.165) is 61.4 Å². The molecule has 2 aromatic rings. The number of hydrogen-bond acceptors (Lipinski definition) is 8. The molecule has 2 aromatic carbocycles. The summed E-state index contributed by atoms with van der Waals surface area (Å²) >= 11 is 6.38. The maximum Gasteiger partial charge on any atom is 0.412 e. The predicted molar refractivity (Wildman–Crippen MR) is 168 cm³/mol. The SMILES string of the molecule is Cc1cc(C[C@@H](OC(=O)N2CCC3(CC2)OC(=O)Nc2ccccc23)C(=O)N2CCC(N3CCNCC3)CC2)cc(Cl)c1N. The molecular formula is C32H41ClN6O5. The van der Waals surface area contributed by atoms with Gasteiger partial charge < -0.3 is 30.3 Å². The molecule has 44 heavy (non-hydrogen) atoms. The molecule has 4 heterocycles. The number of carbonyl (C=O) groups excluding carboxylic acids is 3. The molecule has 3 saturated heterocycles. The van der Waals surface area contributed by atoms with Gasteiger partial charge in [-0.25, -0.2) is 9.59 Å². The summed E-state index contributed by atoms with van der Waals surface area (Å²) in [6, 6.07) is 11.7. The lowest BCUT2D eigenvalue weighted by molar-refractivity contribution is -0.142. The largest absolute Gasteiger partial charge is 0.438 e. The molecule has 12 heteroatoms. The van der Waals surface area contributed by atoms with E-state index in [4.69, 9.17) is 26.8 Å². The first-order valence-electron chi connectivity index (χ1n) is 15.6. The van der Waals surface area contributed by atoms with Crippen LogP contribution < -0.4 is 16.4 Å². The number of nitrogens with two attached hydrogens (primary N) is 1. The van der Waals surface area contributed by atoms with Crippen molar-refractivity contribution >= 4 is 41.1 Å². The molecule has 3 fully saturated rings. The third-order valence-corrected chi connectivity index (χ3v) is 9.86. The number of nitrogen functional groups attached to an aromatic ring is 1. The molecule has 0 aliphatic carbocycles. The van der Waals surface area contributed by atoms with Crippen molar-refractivity contribution < 1.29 is 23.9 Å². The van der Waals surface area contributed by atoms with Gasteiger partial charge in [0.2, 0.25) is 0 Å². The Labute approximate surface area is 262 Å². The Morgan fingerprint density at radius 2 is 1.77 bits per heavy atom. The number of halogens is 1. The number of hydrogen-bond donors (Lipinski definition) is 3. The number of amides is 3. The summed E-state index contributed by atoms with van der Waals surface area (Å²) < 4.78 is 11.8. The standard InChI is InChI=1S/C32H41ClN6O5/c1-21-18-22(19-25(33)28(21)34)20-27(29(40)38-12-6-23(7-13-38)37-16-10-35-11-17-37)43-31(42)39-14-8-32(9-15-39)24-4-2-3-5-26(24)36-30(41)44-32/h2-5,18-19,23,27,35H,6-17,20,34H2,1H3,(H,36,41)/t27-/m1/s1. The van der Waals surface area contributed by atoms with Crippen LogP contribution in [0.5, 0.6) is 0 Å². The Morgan fingerprint density at radius 1 is 1.07 bits per heavy atom. The van der Waals surface area contributed by atoms with Gasteiger partial charge in [0.25, 0.3) is 5.91 Å². The summed E-state index contributed by atoms with van der Waals surface area (Å²) in [5.41, 5.74) is 8.96. The number of rotatable bonds is 5. The second-order valence-corrected chi connectivity index (χ2v) is 12.7. The molecule has 11 nitrogen and oxygen atoms in total. The van der Waals surface area contributed by atoms with Gasteiger partial charge >= 0.3 is 12.2 Å². The number of nitrogens with zero attached hydrogens (tertiary/aromatic N) is 3. The van der Waals surface area contributed by atoms with Crippen LogP contribution in [0.4, 0.5) is 21.0 Å². The fraction of sp³-hybridized carbons (Fsp3) is 0.531. The summed E-state index contributed by atoms with van der Waals surface area (Å²) in [5.74, 6) is -0.197. The first-order valence-corrected chi connectivity index (χ1v) is 15.9. The Bertz CT molecular complexity index is 1380. The highest BCUT2D eigenvalue weighted by Gasteiger charge is 2.45. The average molecular weight is 625 g/mol. The highest BCUT2D eigenvalue weighted by Crippen LogP contribution is 2.43. The molecule has 3 amide bonds. The monoisotopic (exact) mass is 624 g/mol. The maximum atomic E-state index is 13.9. The highest BCUT2D eigenvalue weighted by atomic mass is 35.5. The van der Waals surface area contributed by atoms with Crippen molar-refractivity contribution in [1.82, 2.24) is 20.0 Å². The molecule has 4 aliphatic rings. The zero-order valence-electron chi connectivity index (χ0n) is 25.1. The van der Waals surface area contributed by atoms with Gasteiger partial charge in [-0.1, -0.05) is 35.9 Å². The van der Waals surface area contributed by atoms with Crippen LogP contribution in [0.2, 0.25) is 5.02 Å². The van der Waals surface area contributed by atoms with Crippen LogP contribution in [-0.4, -0.2) is 97.3 Å². The Hall–Kier alpha value is -3.54. The summed E-state index contributed by atoms with van der Waals surface area (Å²) in [6.07, 6.45) is 0.771. The number of fused-ring (bicyclic) bond motifs is 2. The van der Waals surface area contributed by atoms with E-state index >= 15 is 0 Å². The molecule has 236 valence electrons. The fourth-order valence-electron chi connectivity index (χ4n) is 7.02. The highest BCUT2D eigenvalue weighted by molar-refractivity contribution is 6.33. The van der Waals surface area contributed by atoms with E-state index < -0.39 is 23.9 Å². The van der Waals surface area contributed by atoms with Gasteiger partial charge in [-0.3, -0.25) is 15.0 Å². The maximum absolute atomic E-state index is 13.9. The number of nitrogens with one attached hydrogen (secondary N) is 2. The average Bonchev–Trinajstić information content (AvgIpc) is 3.03. The zero-order valence-corrected chi connectivity index (χ0v) is 25.9. The van der Waals surface area contributed by atoms with Gasteiger partial charge in [-0.15, -0.1) is 0 Å². The van der Waals surface area contributed by atoms with Gasteiger partial charge in [-0.05, 0) is 43.0 Å². The minimum Gasteiger partial charge on any atom is -0.438 e. The number of piperazine rings is 1. The molecule has 0 radical (unpaired) electrons. The molecule has 6 rings (SSSR count). The van der Waals surface area contributed by atoms with Crippen LogP contribution in [0, 0.1) is 6.92 Å². The topological polar surface area (TPSA) is 129 Å². The Balaban J connectivity index is 1.14. The van der Waals surface area contributed by atoms with Crippen molar-refractivity contribution in [2.75, 3.05) is 63.4 Å². The smallest absolute Gasteiger partial charge is 0.412 e. The molecular weight excluding hydrogens is 584 g/mol. The summed E-state index contributed by atoms with van der Waals surface area (Å²) in [6.45, 7) is 7.78.